The van der Waals surface area contributed by atoms with Crippen LogP contribution in [-0.2, 0) is 0 Å². The van der Waals surface area contributed by atoms with Crippen molar-refractivity contribution in [1.82, 2.24) is 15.1 Å². The standard InChI is InChI=1S/C14H29N3O/c1-3-16(4-2)11-14(18)9-15-12-7-8-17(10-12)13-5-6-13/h12-15,18H,3-11H2,1-2H3. The molecule has 106 valence electrons. The minimum absolute atomic E-state index is 0.236. The molecule has 0 aromatic carbocycles. The second kappa shape index (κ2) is 6.85. The Morgan fingerprint density at radius 1 is 1.28 bits per heavy atom. The maximum Gasteiger partial charge on any atom is 0.0791 e. The van der Waals surface area contributed by atoms with E-state index < -0.39 is 0 Å². The minimum Gasteiger partial charge on any atom is -0.390 e. The van der Waals surface area contributed by atoms with E-state index in [1.54, 1.807) is 0 Å². The summed E-state index contributed by atoms with van der Waals surface area (Å²) in [6.45, 7) is 10.3. The van der Waals surface area contributed by atoms with Crippen molar-refractivity contribution >= 4 is 0 Å². The zero-order valence-electron chi connectivity index (χ0n) is 11.9. The Hall–Kier alpha value is -0.160. The molecule has 0 radical (unpaired) electrons. The summed E-state index contributed by atoms with van der Waals surface area (Å²) in [6, 6.07) is 1.48. The van der Waals surface area contributed by atoms with Gasteiger partial charge in [-0.1, -0.05) is 13.8 Å². The molecule has 4 nitrogen and oxygen atoms in total. The van der Waals surface area contributed by atoms with Crippen LogP contribution in [0.15, 0.2) is 0 Å². The van der Waals surface area contributed by atoms with E-state index in [0.717, 1.165) is 32.2 Å². The quantitative estimate of drug-likeness (QED) is 0.663. The van der Waals surface area contributed by atoms with Crippen LogP contribution in [0, 0.1) is 0 Å². The first-order valence-corrected chi connectivity index (χ1v) is 7.60. The SMILES string of the molecule is CCN(CC)CC(O)CNC1CCN(C2CC2)C1. The number of likely N-dealkylation sites (tertiary alicyclic amines) is 1. The van der Waals surface area contributed by atoms with Gasteiger partial charge in [0.1, 0.15) is 0 Å². The topological polar surface area (TPSA) is 38.7 Å². The van der Waals surface area contributed by atoms with Gasteiger partial charge in [0, 0.05) is 38.3 Å². The van der Waals surface area contributed by atoms with Gasteiger partial charge in [0.2, 0.25) is 0 Å². The van der Waals surface area contributed by atoms with Crippen molar-refractivity contribution in [3.8, 4) is 0 Å². The second-order valence-electron chi connectivity index (χ2n) is 5.76. The van der Waals surface area contributed by atoms with Gasteiger partial charge in [-0.2, -0.15) is 0 Å². The smallest absolute Gasteiger partial charge is 0.0791 e. The molecule has 0 spiro atoms. The largest absolute Gasteiger partial charge is 0.390 e. The molecule has 2 unspecified atom stereocenters. The normalized spacial score (nSPS) is 27.0. The maximum atomic E-state index is 10.0. The average molecular weight is 255 g/mol. The molecular formula is C14H29N3O. The number of nitrogens with zero attached hydrogens (tertiary/aromatic N) is 2. The van der Waals surface area contributed by atoms with Crippen LogP contribution in [0.5, 0.6) is 0 Å². The summed E-state index contributed by atoms with van der Waals surface area (Å²) in [5.41, 5.74) is 0. The van der Waals surface area contributed by atoms with Gasteiger partial charge in [-0.05, 0) is 32.4 Å². The molecule has 0 bridgehead atoms. The molecule has 2 fully saturated rings. The van der Waals surface area contributed by atoms with Gasteiger partial charge in [0.05, 0.1) is 6.10 Å². The highest BCUT2D eigenvalue weighted by molar-refractivity contribution is 4.92. The number of aliphatic hydroxyl groups excluding tert-OH is 1. The van der Waals surface area contributed by atoms with E-state index in [-0.39, 0.29) is 6.10 Å². The molecule has 2 N–H and O–H groups in total. The van der Waals surface area contributed by atoms with Crippen molar-refractivity contribution in [2.45, 2.75) is 51.3 Å². The Kier molecular flexibility index (Phi) is 5.42. The lowest BCUT2D eigenvalue weighted by Crippen LogP contribution is -2.42. The predicted octanol–water partition coefficient (Wildman–Crippen LogP) is 0.515. The molecule has 1 aliphatic carbocycles. The van der Waals surface area contributed by atoms with Crippen LogP contribution >= 0.6 is 0 Å². The summed E-state index contributed by atoms with van der Waals surface area (Å²) < 4.78 is 0. The highest BCUT2D eigenvalue weighted by Crippen LogP contribution is 2.29. The molecule has 18 heavy (non-hydrogen) atoms. The molecular weight excluding hydrogens is 226 g/mol. The van der Waals surface area contributed by atoms with E-state index in [1.807, 2.05) is 0 Å². The monoisotopic (exact) mass is 255 g/mol. The van der Waals surface area contributed by atoms with Crippen molar-refractivity contribution < 1.29 is 5.11 Å². The fourth-order valence-electron chi connectivity index (χ4n) is 2.87. The van der Waals surface area contributed by atoms with Crippen LogP contribution in [0.4, 0.5) is 0 Å². The second-order valence-corrected chi connectivity index (χ2v) is 5.76. The molecule has 0 aromatic heterocycles. The number of aliphatic hydroxyl groups is 1. The van der Waals surface area contributed by atoms with Crippen molar-refractivity contribution in [2.75, 3.05) is 39.3 Å². The number of nitrogens with one attached hydrogen (secondary N) is 1. The van der Waals surface area contributed by atoms with Crippen LogP contribution < -0.4 is 5.32 Å². The van der Waals surface area contributed by atoms with E-state index in [4.69, 9.17) is 0 Å². The summed E-state index contributed by atoms with van der Waals surface area (Å²) in [4.78, 5) is 4.88. The molecule has 0 aromatic rings. The fourth-order valence-corrected chi connectivity index (χ4v) is 2.87. The summed E-state index contributed by atoms with van der Waals surface area (Å²) in [5, 5.41) is 13.5. The van der Waals surface area contributed by atoms with Crippen LogP contribution in [0.3, 0.4) is 0 Å². The Morgan fingerprint density at radius 2 is 2.00 bits per heavy atom. The van der Waals surface area contributed by atoms with Crippen molar-refractivity contribution in [2.24, 2.45) is 0 Å². The predicted molar refractivity (Wildman–Crippen MR) is 74.8 cm³/mol. The maximum absolute atomic E-state index is 10.0. The summed E-state index contributed by atoms with van der Waals surface area (Å²) in [5.74, 6) is 0. The lowest BCUT2D eigenvalue weighted by Gasteiger charge is -2.23. The third kappa shape index (κ3) is 4.19. The number of likely N-dealkylation sites (N-methyl/N-ethyl adjacent to an activating group) is 1. The highest BCUT2D eigenvalue weighted by Gasteiger charge is 2.34. The first-order valence-electron chi connectivity index (χ1n) is 7.60. The van der Waals surface area contributed by atoms with Crippen LogP contribution in [0.2, 0.25) is 0 Å². The highest BCUT2D eigenvalue weighted by atomic mass is 16.3. The van der Waals surface area contributed by atoms with Gasteiger partial charge in [-0.3, -0.25) is 4.90 Å². The first-order chi connectivity index (χ1) is 8.72. The van der Waals surface area contributed by atoms with E-state index in [9.17, 15) is 5.11 Å². The molecule has 2 aliphatic rings. The molecule has 1 saturated heterocycles. The van der Waals surface area contributed by atoms with Crippen LogP contribution in [0.1, 0.15) is 33.1 Å². The van der Waals surface area contributed by atoms with E-state index in [0.29, 0.717) is 6.04 Å². The zero-order valence-corrected chi connectivity index (χ0v) is 11.9. The Bertz CT molecular complexity index is 241. The summed E-state index contributed by atoms with van der Waals surface area (Å²) in [6.07, 6.45) is 3.81. The zero-order chi connectivity index (χ0) is 13.0. The minimum atomic E-state index is -0.236. The Labute approximate surface area is 111 Å². The molecule has 0 amide bonds. The molecule has 1 aliphatic heterocycles. The van der Waals surface area contributed by atoms with Crippen LogP contribution in [0.25, 0.3) is 0 Å². The first kappa shape index (κ1) is 14.3. The molecule has 4 heteroatoms. The number of rotatable bonds is 8. The van der Waals surface area contributed by atoms with Gasteiger partial charge in [-0.25, -0.2) is 0 Å². The van der Waals surface area contributed by atoms with E-state index in [2.05, 4.69) is 29.0 Å². The lowest BCUT2D eigenvalue weighted by molar-refractivity contribution is 0.114. The van der Waals surface area contributed by atoms with Crippen molar-refractivity contribution in [3.05, 3.63) is 0 Å². The third-order valence-corrected chi connectivity index (χ3v) is 4.29. The van der Waals surface area contributed by atoms with Gasteiger partial charge < -0.3 is 15.3 Å². The molecule has 2 rings (SSSR count). The average Bonchev–Trinajstić information content (AvgIpc) is 3.13. The lowest BCUT2D eigenvalue weighted by atomic mass is 10.2. The van der Waals surface area contributed by atoms with Gasteiger partial charge in [0.25, 0.3) is 0 Å². The third-order valence-electron chi connectivity index (χ3n) is 4.29. The molecule has 2 atom stereocenters. The molecule has 1 saturated carbocycles. The fraction of sp³-hybridized carbons (Fsp3) is 1.00. The number of hydrogen-bond donors (Lipinski definition) is 2. The van der Waals surface area contributed by atoms with Gasteiger partial charge >= 0.3 is 0 Å². The van der Waals surface area contributed by atoms with E-state index >= 15 is 0 Å². The van der Waals surface area contributed by atoms with Gasteiger partial charge in [-0.15, -0.1) is 0 Å². The Morgan fingerprint density at radius 3 is 2.61 bits per heavy atom. The number of hydrogen-bond acceptors (Lipinski definition) is 4. The van der Waals surface area contributed by atoms with Crippen LogP contribution in [-0.4, -0.2) is 72.4 Å². The van der Waals surface area contributed by atoms with E-state index in [1.165, 1.54) is 32.4 Å². The molecule has 1 heterocycles. The summed E-state index contributed by atoms with van der Waals surface area (Å²) in [7, 11) is 0. The van der Waals surface area contributed by atoms with Gasteiger partial charge in [0.15, 0.2) is 0 Å². The Balaban J connectivity index is 1.59. The summed E-state index contributed by atoms with van der Waals surface area (Å²) >= 11 is 0. The van der Waals surface area contributed by atoms with Crippen molar-refractivity contribution in [3.63, 3.8) is 0 Å². The van der Waals surface area contributed by atoms with Crippen molar-refractivity contribution in [1.29, 1.82) is 0 Å².